The van der Waals surface area contributed by atoms with E-state index in [1.165, 1.54) is 43.2 Å². The van der Waals surface area contributed by atoms with E-state index in [1.807, 2.05) is 11.6 Å². The van der Waals surface area contributed by atoms with Crippen molar-refractivity contribution in [2.45, 2.75) is 58.8 Å². The maximum absolute atomic E-state index is 5.03. The second-order valence-corrected chi connectivity index (χ2v) is 9.83. The molecule has 0 spiro atoms. The van der Waals surface area contributed by atoms with Crippen LogP contribution in [0.25, 0.3) is 11.3 Å². The normalized spacial score (nSPS) is 15.8. The van der Waals surface area contributed by atoms with E-state index in [0.29, 0.717) is 6.54 Å². The van der Waals surface area contributed by atoms with E-state index in [4.69, 9.17) is 10.1 Å². The van der Waals surface area contributed by atoms with Crippen molar-refractivity contribution in [3.63, 3.8) is 0 Å². The predicted octanol–water partition coefficient (Wildman–Crippen LogP) is 7.32. The van der Waals surface area contributed by atoms with Crippen LogP contribution in [0.2, 0.25) is 0 Å². The number of thiazole rings is 1. The third-order valence-electron chi connectivity index (χ3n) is 6.17. The lowest BCUT2D eigenvalue weighted by Crippen LogP contribution is -2.15. The van der Waals surface area contributed by atoms with Crippen LogP contribution in [0.3, 0.4) is 0 Å². The van der Waals surface area contributed by atoms with Crippen LogP contribution in [0.1, 0.15) is 68.6 Å². The molecule has 1 heterocycles. The Bertz CT molecular complexity index is 1150. The zero-order chi connectivity index (χ0) is 22.5. The Kier molecular flexibility index (Phi) is 7.21. The van der Waals surface area contributed by atoms with Gasteiger partial charge in [0, 0.05) is 10.9 Å². The molecule has 0 saturated heterocycles. The van der Waals surface area contributed by atoms with Crippen molar-refractivity contribution in [2.75, 3.05) is 6.54 Å². The lowest BCUT2D eigenvalue weighted by atomic mass is 9.84. The van der Waals surface area contributed by atoms with Crippen LogP contribution in [-0.4, -0.2) is 16.9 Å². The summed E-state index contributed by atoms with van der Waals surface area (Å²) in [6.45, 7) is 10.8. The third kappa shape index (κ3) is 5.36. The van der Waals surface area contributed by atoms with Crippen LogP contribution in [-0.2, 0) is 0 Å². The summed E-state index contributed by atoms with van der Waals surface area (Å²) in [6, 6.07) is 17.6. The van der Waals surface area contributed by atoms with Gasteiger partial charge in [-0.3, -0.25) is 4.99 Å². The molecular weight excluding hydrogens is 410 g/mol. The topological polar surface area (TPSA) is 29.6 Å². The quantitative estimate of drug-likeness (QED) is 0.282. The molecule has 2 aromatic carbocycles. The van der Waals surface area contributed by atoms with Gasteiger partial charge in [-0.05, 0) is 50.7 Å². The molecule has 166 valence electrons. The van der Waals surface area contributed by atoms with Gasteiger partial charge in [-0.2, -0.15) is 5.10 Å². The second-order valence-electron chi connectivity index (χ2n) is 9.00. The number of hydrogen-bond donors (Lipinski definition) is 0. The average Bonchev–Trinajstić information content (AvgIpc) is 3.21. The Morgan fingerprint density at radius 2 is 1.69 bits per heavy atom. The van der Waals surface area contributed by atoms with Crippen LogP contribution < -0.4 is 4.80 Å². The lowest BCUT2D eigenvalue weighted by Gasteiger charge is -2.22. The molecule has 0 atom stereocenters. The van der Waals surface area contributed by atoms with Gasteiger partial charge in [-0.25, -0.2) is 4.68 Å². The van der Waals surface area contributed by atoms with E-state index in [-0.39, 0.29) is 0 Å². The minimum Gasteiger partial charge on any atom is -0.253 e. The molecule has 1 saturated carbocycles. The lowest BCUT2D eigenvalue weighted by molar-refractivity contribution is 0.443. The van der Waals surface area contributed by atoms with Crippen molar-refractivity contribution in [1.29, 1.82) is 0 Å². The minimum absolute atomic E-state index is 0.610. The van der Waals surface area contributed by atoms with Crippen LogP contribution in [0.4, 0.5) is 0 Å². The molecule has 0 N–H and O–H groups in total. The first kappa shape index (κ1) is 22.5. The predicted molar refractivity (Wildman–Crippen MR) is 138 cm³/mol. The molecule has 0 unspecified atom stereocenters. The highest BCUT2D eigenvalue weighted by Gasteiger charge is 2.15. The summed E-state index contributed by atoms with van der Waals surface area (Å²) >= 11 is 1.62. The molecule has 1 aliphatic rings. The maximum Gasteiger partial charge on any atom is 0.206 e. The highest BCUT2D eigenvalue weighted by atomic mass is 32.1. The summed E-state index contributed by atoms with van der Waals surface area (Å²) < 4.78 is 1.99. The van der Waals surface area contributed by atoms with E-state index in [0.717, 1.165) is 38.8 Å². The molecule has 32 heavy (non-hydrogen) atoms. The number of aromatic nitrogens is 1. The summed E-state index contributed by atoms with van der Waals surface area (Å²) in [6.07, 6.45) is 6.76. The van der Waals surface area contributed by atoms with Gasteiger partial charge in [0.25, 0.3) is 0 Å². The number of rotatable bonds is 6. The zero-order valence-electron chi connectivity index (χ0n) is 19.5. The van der Waals surface area contributed by atoms with Gasteiger partial charge in [0.2, 0.25) is 4.80 Å². The van der Waals surface area contributed by atoms with Crippen LogP contribution in [0, 0.1) is 6.92 Å². The van der Waals surface area contributed by atoms with E-state index in [1.54, 1.807) is 11.3 Å². The SMILES string of the molecule is C=C(C)CN=c1scc(-c2ccc(C)cc2)n1N=C(C)c1ccc(C2CCCCC2)cc1. The van der Waals surface area contributed by atoms with Crippen molar-refractivity contribution < 1.29 is 0 Å². The van der Waals surface area contributed by atoms with Gasteiger partial charge in [0.15, 0.2) is 0 Å². The van der Waals surface area contributed by atoms with E-state index in [2.05, 4.69) is 74.3 Å². The monoisotopic (exact) mass is 443 g/mol. The van der Waals surface area contributed by atoms with Crippen molar-refractivity contribution >= 4 is 17.0 Å². The molecule has 1 aliphatic carbocycles. The first-order valence-electron chi connectivity index (χ1n) is 11.6. The molecule has 0 aliphatic heterocycles. The molecule has 0 bridgehead atoms. The summed E-state index contributed by atoms with van der Waals surface area (Å²) in [4.78, 5) is 5.66. The largest absolute Gasteiger partial charge is 0.253 e. The van der Waals surface area contributed by atoms with Crippen LogP contribution in [0.5, 0.6) is 0 Å². The van der Waals surface area contributed by atoms with Gasteiger partial charge in [0.1, 0.15) is 0 Å². The Balaban J connectivity index is 1.69. The van der Waals surface area contributed by atoms with E-state index >= 15 is 0 Å². The van der Waals surface area contributed by atoms with Crippen LogP contribution in [0.15, 0.2) is 76.2 Å². The number of benzene rings is 2. The van der Waals surface area contributed by atoms with Gasteiger partial charge in [-0.1, -0.05) is 85.5 Å². The van der Waals surface area contributed by atoms with Crippen molar-refractivity contribution in [1.82, 2.24) is 4.68 Å². The molecule has 1 aromatic heterocycles. The highest BCUT2D eigenvalue weighted by Crippen LogP contribution is 2.32. The van der Waals surface area contributed by atoms with Crippen molar-refractivity contribution in [3.8, 4) is 11.3 Å². The van der Waals surface area contributed by atoms with Gasteiger partial charge < -0.3 is 0 Å². The molecule has 0 amide bonds. The van der Waals surface area contributed by atoms with Gasteiger partial charge in [0.05, 0.1) is 18.0 Å². The smallest absolute Gasteiger partial charge is 0.206 e. The fraction of sp³-hybridized carbons (Fsp3) is 0.357. The van der Waals surface area contributed by atoms with E-state index in [9.17, 15) is 0 Å². The minimum atomic E-state index is 0.610. The summed E-state index contributed by atoms with van der Waals surface area (Å²) in [5, 5.41) is 7.17. The standard InChI is InChI=1S/C28H33N3S/c1-20(2)18-29-28-31(27(19-32-28)26-12-10-21(3)11-13-26)30-22(4)23-14-16-25(17-15-23)24-8-6-5-7-9-24/h10-17,19,24H,1,5-9,18H2,2-4H3. The Labute approximate surface area is 195 Å². The molecule has 4 rings (SSSR count). The third-order valence-corrected chi connectivity index (χ3v) is 7.03. The first-order chi connectivity index (χ1) is 15.5. The molecule has 3 nitrogen and oxygen atoms in total. The van der Waals surface area contributed by atoms with Crippen molar-refractivity contribution in [3.05, 3.63) is 87.6 Å². The Hall–Kier alpha value is -2.72. The molecule has 0 radical (unpaired) electrons. The average molecular weight is 444 g/mol. The summed E-state index contributed by atoms with van der Waals surface area (Å²) in [7, 11) is 0. The number of aryl methyl sites for hydroxylation is 1. The van der Waals surface area contributed by atoms with Crippen LogP contribution >= 0.6 is 11.3 Å². The molecule has 1 fully saturated rings. The molecular formula is C28H33N3S. The Morgan fingerprint density at radius 1 is 1.00 bits per heavy atom. The molecule has 3 aromatic rings. The number of nitrogens with zero attached hydrogens (tertiary/aromatic N) is 3. The summed E-state index contributed by atoms with van der Waals surface area (Å²) in [5.41, 5.74) is 8.12. The van der Waals surface area contributed by atoms with Crippen molar-refractivity contribution in [2.24, 2.45) is 10.1 Å². The van der Waals surface area contributed by atoms with Gasteiger partial charge in [-0.15, -0.1) is 11.3 Å². The first-order valence-corrected chi connectivity index (χ1v) is 12.5. The van der Waals surface area contributed by atoms with E-state index < -0.39 is 0 Å². The number of hydrogen-bond acceptors (Lipinski definition) is 3. The fourth-order valence-corrected chi connectivity index (χ4v) is 5.10. The maximum atomic E-state index is 5.03. The molecule has 4 heteroatoms. The van der Waals surface area contributed by atoms with Gasteiger partial charge >= 0.3 is 0 Å². The Morgan fingerprint density at radius 3 is 2.34 bits per heavy atom. The fourth-order valence-electron chi connectivity index (χ4n) is 4.27. The second kappa shape index (κ2) is 10.3. The zero-order valence-corrected chi connectivity index (χ0v) is 20.3. The summed E-state index contributed by atoms with van der Waals surface area (Å²) in [5.74, 6) is 0.724. The highest BCUT2D eigenvalue weighted by molar-refractivity contribution is 7.07.